The lowest BCUT2D eigenvalue weighted by molar-refractivity contribution is 0.0781. The minimum Gasteiger partial charge on any atom is -0.398 e. The smallest absolute Gasteiger partial charge is 0.253 e. The zero-order valence-electron chi connectivity index (χ0n) is 12.8. The molecule has 1 amide bonds. The van der Waals surface area contributed by atoms with Gasteiger partial charge in [0.15, 0.2) is 0 Å². The van der Waals surface area contributed by atoms with E-state index < -0.39 is 0 Å². The average molecular weight is 275 g/mol. The molecule has 1 aliphatic rings. The van der Waals surface area contributed by atoms with Crippen LogP contribution in [-0.4, -0.2) is 48.9 Å². The molecular weight excluding hydrogens is 250 g/mol. The van der Waals surface area contributed by atoms with Crippen molar-refractivity contribution in [2.24, 2.45) is 0 Å². The van der Waals surface area contributed by atoms with Crippen molar-refractivity contribution in [1.29, 1.82) is 0 Å². The van der Waals surface area contributed by atoms with E-state index in [1.54, 1.807) is 11.0 Å². The van der Waals surface area contributed by atoms with Gasteiger partial charge in [-0.25, -0.2) is 0 Å². The summed E-state index contributed by atoms with van der Waals surface area (Å²) in [4.78, 5) is 16.7. The van der Waals surface area contributed by atoms with E-state index >= 15 is 0 Å². The van der Waals surface area contributed by atoms with E-state index in [2.05, 4.69) is 4.90 Å². The van der Waals surface area contributed by atoms with Gasteiger partial charge >= 0.3 is 0 Å². The molecule has 0 radical (unpaired) electrons. The topological polar surface area (TPSA) is 49.6 Å². The van der Waals surface area contributed by atoms with Crippen LogP contribution in [0.4, 0.5) is 5.69 Å². The Kier molecular flexibility index (Phi) is 4.65. The molecule has 1 aromatic carbocycles. The first-order valence-corrected chi connectivity index (χ1v) is 7.33. The van der Waals surface area contributed by atoms with E-state index in [0.717, 1.165) is 29.8 Å². The molecular formula is C16H25N3O. The highest BCUT2D eigenvalue weighted by atomic mass is 16.2. The minimum absolute atomic E-state index is 0.0633. The van der Waals surface area contributed by atoms with Crippen molar-refractivity contribution in [3.05, 3.63) is 28.8 Å². The fraction of sp³-hybridized carbons (Fsp3) is 0.562. The molecule has 2 rings (SSSR count). The second-order valence-electron chi connectivity index (χ2n) is 5.80. The lowest BCUT2D eigenvalue weighted by atomic mass is 10.0. The van der Waals surface area contributed by atoms with Crippen LogP contribution >= 0.6 is 0 Å². The fourth-order valence-corrected chi connectivity index (χ4v) is 2.70. The van der Waals surface area contributed by atoms with Gasteiger partial charge in [0.25, 0.3) is 5.91 Å². The third kappa shape index (κ3) is 3.31. The molecule has 0 unspecified atom stereocenters. The van der Waals surface area contributed by atoms with E-state index in [1.807, 2.05) is 27.0 Å². The van der Waals surface area contributed by atoms with Crippen molar-refractivity contribution in [2.45, 2.75) is 26.7 Å². The molecule has 20 heavy (non-hydrogen) atoms. The summed E-state index contributed by atoms with van der Waals surface area (Å²) in [6.07, 6.45) is 2.57. The van der Waals surface area contributed by atoms with E-state index in [9.17, 15) is 4.79 Å². The second kappa shape index (κ2) is 6.27. The van der Waals surface area contributed by atoms with E-state index in [-0.39, 0.29) is 5.91 Å². The quantitative estimate of drug-likeness (QED) is 0.856. The Bertz CT molecular complexity index is 493. The average Bonchev–Trinajstić information content (AvgIpc) is 2.92. The number of hydrogen-bond donors (Lipinski definition) is 1. The summed E-state index contributed by atoms with van der Waals surface area (Å²) >= 11 is 0. The number of carbonyl (C=O) groups is 1. The van der Waals surface area contributed by atoms with Gasteiger partial charge in [-0.15, -0.1) is 0 Å². The Labute approximate surface area is 121 Å². The molecule has 4 heteroatoms. The van der Waals surface area contributed by atoms with Crippen LogP contribution in [0.3, 0.4) is 0 Å². The van der Waals surface area contributed by atoms with Crippen molar-refractivity contribution in [2.75, 3.05) is 39.0 Å². The van der Waals surface area contributed by atoms with Crippen LogP contribution in [0.25, 0.3) is 0 Å². The van der Waals surface area contributed by atoms with E-state index in [0.29, 0.717) is 5.69 Å². The molecule has 1 aromatic rings. The molecule has 4 nitrogen and oxygen atoms in total. The number of carbonyl (C=O) groups excluding carboxylic acids is 1. The summed E-state index contributed by atoms with van der Waals surface area (Å²) < 4.78 is 0. The van der Waals surface area contributed by atoms with Crippen LogP contribution in [0.2, 0.25) is 0 Å². The Morgan fingerprint density at radius 2 is 1.90 bits per heavy atom. The van der Waals surface area contributed by atoms with Crippen LogP contribution in [0.15, 0.2) is 12.1 Å². The lowest BCUT2D eigenvalue weighted by Gasteiger charge is -2.22. The number of benzene rings is 1. The zero-order chi connectivity index (χ0) is 14.7. The standard InChI is InChI=1S/C16H25N3O/c1-12-10-13(2)15(17)11-14(12)16(20)18(3)8-9-19-6-4-5-7-19/h10-11H,4-9,17H2,1-3H3. The molecule has 0 aliphatic carbocycles. The second-order valence-corrected chi connectivity index (χ2v) is 5.80. The molecule has 0 bridgehead atoms. The number of likely N-dealkylation sites (N-methyl/N-ethyl adjacent to an activating group) is 1. The van der Waals surface area contributed by atoms with Gasteiger partial charge in [0.2, 0.25) is 0 Å². The van der Waals surface area contributed by atoms with Crippen LogP contribution in [0.1, 0.15) is 34.3 Å². The van der Waals surface area contributed by atoms with Gasteiger partial charge in [-0.2, -0.15) is 0 Å². The third-order valence-electron chi connectivity index (χ3n) is 4.14. The summed E-state index contributed by atoms with van der Waals surface area (Å²) in [6.45, 7) is 7.99. The number of anilines is 1. The summed E-state index contributed by atoms with van der Waals surface area (Å²) in [5, 5.41) is 0. The molecule has 1 aliphatic heterocycles. The Morgan fingerprint density at radius 3 is 2.55 bits per heavy atom. The first-order chi connectivity index (χ1) is 9.49. The van der Waals surface area contributed by atoms with Crippen LogP contribution in [0.5, 0.6) is 0 Å². The zero-order valence-corrected chi connectivity index (χ0v) is 12.8. The number of hydrogen-bond acceptors (Lipinski definition) is 3. The van der Waals surface area contributed by atoms with Crippen LogP contribution < -0.4 is 5.73 Å². The number of aryl methyl sites for hydroxylation is 2. The molecule has 0 aromatic heterocycles. The van der Waals surface area contributed by atoms with Crippen molar-refractivity contribution in [1.82, 2.24) is 9.80 Å². The summed E-state index contributed by atoms with van der Waals surface area (Å²) in [7, 11) is 1.87. The Morgan fingerprint density at radius 1 is 1.25 bits per heavy atom. The molecule has 110 valence electrons. The Hall–Kier alpha value is -1.55. The molecule has 0 atom stereocenters. The normalized spacial score (nSPS) is 15.6. The Balaban J connectivity index is 2.00. The molecule has 1 fully saturated rings. The number of rotatable bonds is 4. The minimum atomic E-state index is 0.0633. The summed E-state index contributed by atoms with van der Waals surface area (Å²) in [5.41, 5.74) is 9.35. The first kappa shape index (κ1) is 14.9. The fourth-order valence-electron chi connectivity index (χ4n) is 2.70. The first-order valence-electron chi connectivity index (χ1n) is 7.33. The summed E-state index contributed by atoms with van der Waals surface area (Å²) in [5.74, 6) is 0.0633. The van der Waals surface area contributed by atoms with Crippen molar-refractivity contribution in [3.8, 4) is 0 Å². The number of nitrogen functional groups attached to an aromatic ring is 1. The number of nitrogens with zero attached hydrogens (tertiary/aromatic N) is 2. The van der Waals surface area contributed by atoms with Crippen molar-refractivity contribution in [3.63, 3.8) is 0 Å². The maximum absolute atomic E-state index is 12.5. The maximum Gasteiger partial charge on any atom is 0.253 e. The maximum atomic E-state index is 12.5. The predicted octanol–water partition coefficient (Wildman–Crippen LogP) is 2.05. The van der Waals surface area contributed by atoms with E-state index in [4.69, 9.17) is 5.73 Å². The van der Waals surface area contributed by atoms with Gasteiger partial charge in [0, 0.05) is 31.4 Å². The molecule has 0 saturated carbocycles. The number of nitrogens with two attached hydrogens (primary N) is 1. The highest BCUT2D eigenvalue weighted by Gasteiger charge is 2.17. The molecule has 0 spiro atoms. The van der Waals surface area contributed by atoms with Crippen molar-refractivity contribution < 1.29 is 4.79 Å². The van der Waals surface area contributed by atoms with Gasteiger partial charge in [-0.3, -0.25) is 4.79 Å². The van der Waals surface area contributed by atoms with Gasteiger partial charge in [0.1, 0.15) is 0 Å². The highest BCUT2D eigenvalue weighted by molar-refractivity contribution is 5.96. The highest BCUT2D eigenvalue weighted by Crippen LogP contribution is 2.19. The van der Waals surface area contributed by atoms with Gasteiger partial charge in [0.05, 0.1) is 0 Å². The largest absolute Gasteiger partial charge is 0.398 e. The molecule has 2 N–H and O–H groups in total. The van der Waals surface area contributed by atoms with Gasteiger partial charge in [-0.1, -0.05) is 6.07 Å². The van der Waals surface area contributed by atoms with E-state index in [1.165, 1.54) is 25.9 Å². The SMILES string of the molecule is Cc1cc(C)c(C(=O)N(C)CCN2CCCC2)cc1N. The van der Waals surface area contributed by atoms with Crippen LogP contribution in [0, 0.1) is 13.8 Å². The van der Waals surface area contributed by atoms with Gasteiger partial charge in [-0.05, 0) is 57.0 Å². The molecule has 1 heterocycles. The monoisotopic (exact) mass is 275 g/mol. The van der Waals surface area contributed by atoms with Crippen LogP contribution in [-0.2, 0) is 0 Å². The number of likely N-dealkylation sites (tertiary alicyclic amines) is 1. The third-order valence-corrected chi connectivity index (χ3v) is 4.14. The predicted molar refractivity (Wildman–Crippen MR) is 83.0 cm³/mol. The van der Waals surface area contributed by atoms with Crippen molar-refractivity contribution >= 4 is 11.6 Å². The number of amides is 1. The van der Waals surface area contributed by atoms with Gasteiger partial charge < -0.3 is 15.5 Å². The lowest BCUT2D eigenvalue weighted by Crippen LogP contribution is -2.35. The molecule has 1 saturated heterocycles. The summed E-state index contributed by atoms with van der Waals surface area (Å²) in [6, 6.07) is 3.79.